The molecule has 4 aromatic carbocycles. The van der Waals surface area contributed by atoms with Crippen LogP contribution in [0.3, 0.4) is 0 Å². The molecule has 0 aromatic heterocycles. The fourth-order valence-corrected chi connectivity index (χ4v) is 3.65. The molecule has 0 saturated heterocycles. The van der Waals surface area contributed by atoms with Crippen LogP contribution in [0, 0.1) is 39.3 Å². The van der Waals surface area contributed by atoms with Gasteiger partial charge in [-0.3, -0.25) is 0 Å². The third kappa shape index (κ3) is 9.73. The van der Waals surface area contributed by atoms with E-state index in [2.05, 4.69) is 37.4 Å². The molecule has 4 rings (SSSR count). The van der Waals surface area contributed by atoms with Crippen LogP contribution in [0.1, 0.15) is 22.3 Å². The SMILES string of the molecule is C[Si](C)=[Hf+2].Cc1ccc(C)[c-]1-c1cccc(F)c1.Cc1ccc(C)[c-]1-c1cccc(F)c1.[Cl-].[Cl-]. The molecule has 0 aliphatic heterocycles. The predicted molar refractivity (Wildman–Crippen MR) is 131 cm³/mol. The van der Waals surface area contributed by atoms with E-state index in [1.807, 2.05) is 39.8 Å². The molecule has 180 valence electrons. The van der Waals surface area contributed by atoms with E-state index in [1.165, 1.54) is 57.4 Å². The van der Waals surface area contributed by atoms with Crippen molar-refractivity contribution >= 4 is 5.49 Å². The summed E-state index contributed by atoms with van der Waals surface area (Å²) in [4.78, 5) is 0. The fraction of sp³-hybridized carbons (Fsp3) is 0.214. The first-order chi connectivity index (χ1) is 15.1. The molecule has 34 heavy (non-hydrogen) atoms. The molecule has 0 heterocycles. The molecule has 0 saturated carbocycles. The van der Waals surface area contributed by atoms with Crippen LogP contribution in [0.25, 0.3) is 22.3 Å². The summed E-state index contributed by atoms with van der Waals surface area (Å²) in [6.07, 6.45) is 0. The van der Waals surface area contributed by atoms with Crippen molar-refractivity contribution in [3.63, 3.8) is 0 Å². The number of benzene rings is 2. The summed E-state index contributed by atoms with van der Waals surface area (Å²) in [6, 6.07) is 21.7. The number of rotatable bonds is 2. The van der Waals surface area contributed by atoms with Gasteiger partial charge in [-0.15, -0.1) is 69.8 Å². The topological polar surface area (TPSA) is 0 Å². The molecule has 0 aliphatic carbocycles. The second kappa shape index (κ2) is 15.6. The van der Waals surface area contributed by atoms with Gasteiger partial charge in [0.2, 0.25) is 0 Å². The molecule has 0 nitrogen and oxygen atoms in total. The maximum absolute atomic E-state index is 13.0. The molecule has 0 fully saturated rings. The Morgan fingerprint density at radius 2 is 0.853 bits per heavy atom. The Kier molecular flexibility index (Phi) is 15.0. The van der Waals surface area contributed by atoms with E-state index in [4.69, 9.17) is 0 Å². The summed E-state index contributed by atoms with van der Waals surface area (Å²) in [5.74, 6) is -0.356. The Bertz CT molecular complexity index is 1060. The number of hydrogen-bond donors (Lipinski definition) is 0. The summed E-state index contributed by atoms with van der Waals surface area (Å²) in [5.41, 5.74) is 9.31. The molecule has 0 bridgehead atoms. The summed E-state index contributed by atoms with van der Waals surface area (Å²) >= 11 is 1.45. The van der Waals surface area contributed by atoms with Crippen molar-refractivity contribution < 1.29 is 56.6 Å². The van der Waals surface area contributed by atoms with Crippen LogP contribution in [-0.4, -0.2) is 5.49 Å². The van der Waals surface area contributed by atoms with Crippen LogP contribution in [0.4, 0.5) is 8.78 Å². The largest absolute Gasteiger partial charge is 1.00 e. The van der Waals surface area contributed by atoms with Crippen molar-refractivity contribution in [2.45, 2.75) is 40.8 Å². The normalized spacial score (nSPS) is 9.47. The summed E-state index contributed by atoms with van der Waals surface area (Å²) < 4.78 is 26.0. The third-order valence-electron chi connectivity index (χ3n) is 4.97. The molecule has 0 unspecified atom stereocenters. The Hall–Kier alpha value is -1.33. The van der Waals surface area contributed by atoms with Crippen molar-refractivity contribution in [1.82, 2.24) is 0 Å². The van der Waals surface area contributed by atoms with Crippen molar-refractivity contribution in [1.29, 1.82) is 0 Å². The molecule has 0 atom stereocenters. The molecule has 0 N–H and O–H groups in total. The van der Waals surface area contributed by atoms with E-state index in [0.29, 0.717) is 0 Å². The van der Waals surface area contributed by atoms with E-state index >= 15 is 0 Å². The van der Waals surface area contributed by atoms with Gasteiger partial charge in [-0.05, 0) is 12.1 Å². The second-order valence-electron chi connectivity index (χ2n) is 8.17. The smallest absolute Gasteiger partial charge is 0.0898 e. The maximum atomic E-state index is 13.0. The Morgan fingerprint density at radius 3 is 1.09 bits per heavy atom. The first-order valence-corrected chi connectivity index (χ1v) is 18.5. The van der Waals surface area contributed by atoms with Crippen LogP contribution in [-0.2, 0) is 23.0 Å². The average Bonchev–Trinajstić information content (AvgIpc) is 3.22. The number of aryl methyl sites for hydroxylation is 4. The van der Waals surface area contributed by atoms with Gasteiger partial charge >= 0.3 is 41.6 Å². The number of halogens is 4. The van der Waals surface area contributed by atoms with E-state index in [-0.39, 0.29) is 41.9 Å². The number of hydrogen-bond acceptors (Lipinski definition) is 0. The van der Waals surface area contributed by atoms with Gasteiger partial charge in [0, 0.05) is 0 Å². The van der Waals surface area contributed by atoms with Crippen LogP contribution < -0.4 is 24.8 Å². The molecule has 0 radical (unpaired) electrons. The van der Waals surface area contributed by atoms with Crippen LogP contribution >= 0.6 is 0 Å². The minimum Gasteiger partial charge on any atom is -1.00 e. The van der Waals surface area contributed by atoms with E-state index in [0.717, 1.165) is 22.3 Å². The van der Waals surface area contributed by atoms with Gasteiger partial charge in [0.1, 0.15) is 0 Å². The second-order valence-corrected chi connectivity index (χ2v) is 20.9. The Labute approximate surface area is 230 Å². The summed E-state index contributed by atoms with van der Waals surface area (Å²) in [7, 11) is 0. The van der Waals surface area contributed by atoms with E-state index < -0.39 is 0 Å². The van der Waals surface area contributed by atoms with Gasteiger partial charge < -0.3 is 24.8 Å². The molecule has 6 heteroatoms. The van der Waals surface area contributed by atoms with Gasteiger partial charge in [0.25, 0.3) is 0 Å². The minimum atomic E-state index is -0.178. The van der Waals surface area contributed by atoms with Gasteiger partial charge in [0.05, 0.1) is 11.6 Å². The first kappa shape index (κ1) is 32.7. The molecular weight excluding hydrogens is 652 g/mol. The quantitative estimate of drug-likeness (QED) is 0.226. The minimum absolute atomic E-state index is 0. The molecule has 0 aliphatic rings. The Balaban J connectivity index is 0.000000528. The monoisotopic (exact) mass is 682 g/mol. The Morgan fingerprint density at radius 1 is 0.588 bits per heavy atom. The average molecular weight is 682 g/mol. The van der Waals surface area contributed by atoms with Crippen molar-refractivity contribution in [2.24, 2.45) is 0 Å². The molecule has 4 aromatic rings. The zero-order chi connectivity index (χ0) is 23.8. The van der Waals surface area contributed by atoms with Gasteiger partial charge in [0.15, 0.2) is 0 Å². The maximum Gasteiger partial charge on any atom is 0.0898 e. The van der Waals surface area contributed by atoms with Gasteiger partial charge in [-0.25, -0.2) is 8.78 Å². The third-order valence-corrected chi connectivity index (χ3v) is 4.97. The predicted octanol–water partition coefficient (Wildman–Crippen LogP) is 2.45. The molecule has 0 spiro atoms. The molecular formula is C28H30Cl2F2HfSi-2. The first-order valence-electron chi connectivity index (χ1n) is 10.6. The summed E-state index contributed by atoms with van der Waals surface area (Å²) in [6.45, 7) is 12.9. The zero-order valence-electron chi connectivity index (χ0n) is 20.4. The van der Waals surface area contributed by atoms with Crippen molar-refractivity contribution in [3.05, 3.63) is 107 Å². The fourth-order valence-electron chi connectivity index (χ4n) is 3.65. The molecule has 0 amide bonds. The van der Waals surface area contributed by atoms with Crippen LogP contribution in [0.5, 0.6) is 0 Å². The van der Waals surface area contributed by atoms with Crippen molar-refractivity contribution in [3.8, 4) is 22.3 Å². The summed E-state index contributed by atoms with van der Waals surface area (Å²) in [5, 5.41) is 0. The van der Waals surface area contributed by atoms with E-state index in [1.54, 1.807) is 24.3 Å². The van der Waals surface area contributed by atoms with Crippen molar-refractivity contribution in [2.75, 3.05) is 0 Å². The van der Waals surface area contributed by atoms with E-state index in [9.17, 15) is 8.78 Å². The van der Waals surface area contributed by atoms with Crippen LogP contribution in [0.2, 0.25) is 13.1 Å². The zero-order valence-corrected chi connectivity index (χ0v) is 26.5. The van der Waals surface area contributed by atoms with Gasteiger partial charge in [-0.1, -0.05) is 63.1 Å². The van der Waals surface area contributed by atoms with Crippen LogP contribution in [0.15, 0.2) is 72.8 Å². The standard InChI is InChI=1S/2C13H12F.C2H6Si.2ClH.Hf/c2*1-9-6-7-10(2)13(9)11-4-3-5-12(14)8-11;1-3-2;;;/h2*3-8H,1-2H3;1-2H3;2*1H;/q2*-1;;;;+2/p-2. The van der Waals surface area contributed by atoms with Gasteiger partial charge in [-0.2, -0.15) is 0 Å².